The highest BCUT2D eigenvalue weighted by atomic mass is 79.9. The molecule has 0 saturated heterocycles. The molecule has 0 amide bonds. The van der Waals surface area contributed by atoms with Gasteiger partial charge in [0.15, 0.2) is 0 Å². The third kappa shape index (κ3) is 5.04. The van der Waals surface area contributed by atoms with Crippen molar-refractivity contribution in [2.75, 3.05) is 0 Å². The molecule has 0 saturated carbocycles. The Hall–Kier alpha value is -1.39. The highest BCUT2D eigenvalue weighted by Gasteiger charge is 2.38. The van der Waals surface area contributed by atoms with Crippen molar-refractivity contribution in [3.8, 4) is 5.75 Å². The molecule has 0 heterocycles. The number of nitrogens with zero attached hydrogens (tertiary/aromatic N) is 1. The lowest BCUT2D eigenvalue weighted by Crippen LogP contribution is -2.43. The zero-order chi connectivity index (χ0) is 17.1. The van der Waals surface area contributed by atoms with Gasteiger partial charge in [0.25, 0.3) is 0 Å². The van der Waals surface area contributed by atoms with Crippen LogP contribution in [0.15, 0.2) is 58.0 Å². The summed E-state index contributed by atoms with van der Waals surface area (Å²) in [4.78, 5) is 4.48. The van der Waals surface area contributed by atoms with Crippen molar-refractivity contribution < 1.29 is 4.43 Å². The van der Waals surface area contributed by atoms with Gasteiger partial charge in [-0.1, -0.05) is 36.7 Å². The van der Waals surface area contributed by atoms with Gasteiger partial charge in [-0.2, -0.15) is 0 Å². The van der Waals surface area contributed by atoms with Crippen LogP contribution in [0.2, 0.25) is 18.1 Å². The molecule has 2 aromatic carbocycles. The lowest BCUT2D eigenvalue weighted by atomic mass is 10.2. The van der Waals surface area contributed by atoms with Crippen LogP contribution >= 0.6 is 15.9 Å². The van der Waals surface area contributed by atoms with Crippen molar-refractivity contribution in [2.24, 2.45) is 4.99 Å². The maximum atomic E-state index is 6.29. The molecule has 0 N–H and O–H groups in total. The predicted octanol–water partition coefficient (Wildman–Crippen LogP) is 6.58. The Bertz CT molecular complexity index is 670. The second-order valence-electron chi connectivity index (χ2n) is 7.17. The van der Waals surface area contributed by atoms with Crippen LogP contribution in [0.1, 0.15) is 26.3 Å². The largest absolute Gasteiger partial charge is 0.544 e. The average molecular weight is 390 g/mol. The van der Waals surface area contributed by atoms with E-state index in [1.807, 2.05) is 54.7 Å². The first-order valence-corrected chi connectivity index (χ1v) is 11.5. The number of hydrogen-bond acceptors (Lipinski definition) is 2. The summed E-state index contributed by atoms with van der Waals surface area (Å²) in [6, 6.07) is 16.1. The van der Waals surface area contributed by atoms with E-state index in [9.17, 15) is 0 Å². The van der Waals surface area contributed by atoms with E-state index >= 15 is 0 Å². The molecule has 2 nitrogen and oxygen atoms in total. The van der Waals surface area contributed by atoms with Crippen LogP contribution in [0, 0.1) is 0 Å². The summed E-state index contributed by atoms with van der Waals surface area (Å²) in [7, 11) is -1.78. The van der Waals surface area contributed by atoms with Crippen molar-refractivity contribution in [1.82, 2.24) is 0 Å². The maximum Gasteiger partial charge on any atom is 0.250 e. The van der Waals surface area contributed by atoms with Gasteiger partial charge >= 0.3 is 0 Å². The topological polar surface area (TPSA) is 21.6 Å². The van der Waals surface area contributed by atoms with Crippen LogP contribution in [-0.2, 0) is 0 Å². The molecule has 0 radical (unpaired) electrons. The lowest BCUT2D eigenvalue weighted by Gasteiger charge is -2.36. The monoisotopic (exact) mass is 389 g/mol. The van der Waals surface area contributed by atoms with Crippen molar-refractivity contribution >= 4 is 36.1 Å². The van der Waals surface area contributed by atoms with Gasteiger partial charge in [0.2, 0.25) is 8.32 Å². The van der Waals surface area contributed by atoms with E-state index in [0.29, 0.717) is 0 Å². The Morgan fingerprint density at radius 3 is 2.04 bits per heavy atom. The van der Waals surface area contributed by atoms with Crippen LogP contribution in [0.5, 0.6) is 5.75 Å². The molecule has 0 aromatic heterocycles. The fraction of sp³-hybridized carbons (Fsp3) is 0.316. The van der Waals surface area contributed by atoms with Crippen LogP contribution in [0.3, 0.4) is 0 Å². The Morgan fingerprint density at radius 2 is 1.52 bits per heavy atom. The van der Waals surface area contributed by atoms with E-state index in [-0.39, 0.29) is 5.04 Å². The first kappa shape index (κ1) is 18.0. The van der Waals surface area contributed by atoms with Gasteiger partial charge in [-0.25, -0.2) is 0 Å². The molecule has 0 spiro atoms. The molecule has 2 aromatic rings. The highest BCUT2D eigenvalue weighted by molar-refractivity contribution is 9.10. The summed E-state index contributed by atoms with van der Waals surface area (Å²) < 4.78 is 7.35. The molecule has 0 aliphatic carbocycles. The molecule has 0 fully saturated rings. The van der Waals surface area contributed by atoms with Gasteiger partial charge in [-0.3, -0.25) is 4.99 Å². The number of rotatable bonds is 4. The van der Waals surface area contributed by atoms with E-state index in [1.54, 1.807) is 0 Å². The lowest BCUT2D eigenvalue weighted by molar-refractivity contribution is 0.492. The fourth-order valence-electron chi connectivity index (χ4n) is 1.75. The molecule has 0 bridgehead atoms. The summed E-state index contributed by atoms with van der Waals surface area (Å²) >= 11 is 3.42. The summed E-state index contributed by atoms with van der Waals surface area (Å²) in [6.07, 6.45) is 1.87. The SMILES string of the molecule is CC(C)(C)[Si](C)(C)Oc1ccc(C=Nc2ccc(Br)cc2)cc1. The minimum absolute atomic E-state index is 0.203. The molecular weight excluding hydrogens is 366 g/mol. The van der Waals surface area contributed by atoms with Crippen molar-refractivity contribution in [3.63, 3.8) is 0 Å². The van der Waals surface area contributed by atoms with Gasteiger partial charge in [0, 0.05) is 10.7 Å². The smallest absolute Gasteiger partial charge is 0.250 e. The quantitative estimate of drug-likeness (QED) is 0.427. The van der Waals surface area contributed by atoms with Gasteiger partial charge in [-0.05, 0) is 72.2 Å². The van der Waals surface area contributed by atoms with E-state index in [1.165, 1.54) is 0 Å². The average Bonchev–Trinajstić information content (AvgIpc) is 2.47. The molecule has 0 aliphatic rings. The molecule has 122 valence electrons. The van der Waals surface area contributed by atoms with Crippen LogP contribution in [-0.4, -0.2) is 14.5 Å². The molecule has 23 heavy (non-hydrogen) atoms. The molecule has 0 aliphatic heterocycles. The molecule has 4 heteroatoms. The number of benzene rings is 2. The van der Waals surface area contributed by atoms with E-state index in [2.05, 4.69) is 54.8 Å². The Labute approximate surface area is 148 Å². The van der Waals surface area contributed by atoms with Gasteiger partial charge in [0.1, 0.15) is 5.75 Å². The molecule has 0 unspecified atom stereocenters. The molecular formula is C19H24BrNOSi. The normalized spacial score (nSPS) is 12.6. The minimum atomic E-state index is -1.78. The first-order chi connectivity index (χ1) is 10.7. The number of aliphatic imine (C=N–C) groups is 1. The van der Waals surface area contributed by atoms with Crippen molar-refractivity contribution in [3.05, 3.63) is 58.6 Å². The standard InChI is InChI=1S/C19H24BrNOSi/c1-19(2,3)23(4,5)22-18-12-6-15(7-13-18)14-21-17-10-8-16(20)9-11-17/h6-14H,1-5H3. The van der Waals surface area contributed by atoms with Gasteiger partial charge in [0.05, 0.1) is 5.69 Å². The highest BCUT2D eigenvalue weighted by Crippen LogP contribution is 2.37. The Morgan fingerprint density at radius 1 is 0.957 bits per heavy atom. The third-order valence-electron chi connectivity index (χ3n) is 4.25. The Kier molecular flexibility index (Phi) is 5.47. The van der Waals surface area contributed by atoms with E-state index in [0.717, 1.165) is 21.5 Å². The van der Waals surface area contributed by atoms with Crippen molar-refractivity contribution in [2.45, 2.75) is 38.9 Å². The number of hydrogen-bond donors (Lipinski definition) is 0. The minimum Gasteiger partial charge on any atom is -0.544 e. The zero-order valence-electron chi connectivity index (χ0n) is 14.4. The molecule has 0 atom stereocenters. The fourth-order valence-corrected chi connectivity index (χ4v) is 3.04. The van der Waals surface area contributed by atoms with Crippen LogP contribution in [0.25, 0.3) is 0 Å². The Balaban J connectivity index is 2.06. The summed E-state index contributed by atoms with van der Waals surface area (Å²) in [5.41, 5.74) is 2.00. The van der Waals surface area contributed by atoms with Crippen LogP contribution < -0.4 is 4.43 Å². The second kappa shape index (κ2) is 7.01. The first-order valence-electron chi connectivity index (χ1n) is 7.76. The summed E-state index contributed by atoms with van der Waals surface area (Å²) in [6.45, 7) is 11.3. The van der Waals surface area contributed by atoms with E-state index in [4.69, 9.17) is 4.43 Å². The summed E-state index contributed by atoms with van der Waals surface area (Å²) in [5, 5.41) is 0.203. The van der Waals surface area contributed by atoms with Gasteiger partial charge in [-0.15, -0.1) is 0 Å². The zero-order valence-corrected chi connectivity index (χ0v) is 17.0. The maximum absolute atomic E-state index is 6.29. The van der Waals surface area contributed by atoms with Crippen LogP contribution in [0.4, 0.5) is 5.69 Å². The van der Waals surface area contributed by atoms with E-state index < -0.39 is 8.32 Å². The summed E-state index contributed by atoms with van der Waals surface area (Å²) in [5.74, 6) is 0.942. The third-order valence-corrected chi connectivity index (χ3v) is 9.14. The molecule has 2 rings (SSSR count). The van der Waals surface area contributed by atoms with Crippen molar-refractivity contribution in [1.29, 1.82) is 0 Å². The predicted molar refractivity (Wildman–Crippen MR) is 106 cm³/mol. The number of halogens is 1. The van der Waals surface area contributed by atoms with Gasteiger partial charge < -0.3 is 4.43 Å². The second-order valence-corrected chi connectivity index (χ2v) is 12.8.